The number of rotatable bonds is 21. The molecule has 0 aromatic rings. The monoisotopic (exact) mass is 446 g/mol. The highest BCUT2D eigenvalue weighted by Gasteiger charge is 2.41. The number of unbranched alkanes of at least 4 members (excludes halogenated alkanes) is 12. The molecule has 0 spiro atoms. The van der Waals surface area contributed by atoms with E-state index in [9.17, 15) is 9.46 Å². The van der Waals surface area contributed by atoms with Gasteiger partial charge in [-0.25, -0.2) is 0 Å². The molecule has 0 aromatic carbocycles. The average molecular weight is 447 g/mol. The fourth-order valence-electron chi connectivity index (χ4n) is 3.94. The normalized spacial score (nSPS) is 15.5. The molecule has 180 valence electrons. The molecule has 0 amide bonds. The Hall–Kier alpha value is -0.150. The third-order valence-corrected chi connectivity index (χ3v) is 8.02. The van der Waals surface area contributed by atoms with Gasteiger partial charge in [-0.3, -0.25) is 4.57 Å². The van der Waals surface area contributed by atoms with Crippen LogP contribution in [0.4, 0.5) is 0 Å². The van der Waals surface area contributed by atoms with Crippen molar-refractivity contribution in [3.63, 3.8) is 0 Å². The summed E-state index contributed by atoms with van der Waals surface area (Å²) in [5, 5.41) is 0. The summed E-state index contributed by atoms with van der Waals surface area (Å²) in [7, 11) is 2.35. The van der Waals surface area contributed by atoms with E-state index in [4.69, 9.17) is 4.52 Å². The van der Waals surface area contributed by atoms with Crippen molar-refractivity contribution in [2.45, 2.75) is 122 Å². The Bertz CT molecular complexity index is 460. The molecule has 1 N–H and O–H groups in total. The van der Waals surface area contributed by atoms with Crippen molar-refractivity contribution in [1.29, 1.82) is 0 Å². The lowest BCUT2D eigenvalue weighted by atomic mass is 10.0. The summed E-state index contributed by atoms with van der Waals surface area (Å²) < 4.78 is 18.6. The quantitative estimate of drug-likeness (QED) is 0.0839. The number of quaternary nitrogens is 1. The van der Waals surface area contributed by atoms with Crippen LogP contribution < -0.4 is 0 Å². The van der Waals surface area contributed by atoms with E-state index < -0.39 is 7.60 Å². The van der Waals surface area contributed by atoms with Crippen molar-refractivity contribution >= 4 is 7.60 Å². The van der Waals surface area contributed by atoms with Gasteiger partial charge in [0.15, 0.2) is 5.78 Å². The Balaban J connectivity index is 3.55. The molecular weight excluding hydrogens is 393 g/mol. The molecule has 0 saturated heterocycles. The fraction of sp³-hybridized carbons (Fsp3) is 0.920. The van der Waals surface area contributed by atoms with E-state index in [0.717, 1.165) is 25.7 Å². The highest BCUT2D eigenvalue weighted by molar-refractivity contribution is 7.53. The second-order valence-electron chi connectivity index (χ2n) is 9.69. The van der Waals surface area contributed by atoms with Gasteiger partial charge < -0.3 is 13.9 Å². The lowest BCUT2D eigenvalue weighted by Crippen LogP contribution is -2.45. The summed E-state index contributed by atoms with van der Waals surface area (Å²) in [4.78, 5) is 10.4. The van der Waals surface area contributed by atoms with E-state index in [1.807, 2.05) is 21.1 Å². The van der Waals surface area contributed by atoms with Gasteiger partial charge in [0, 0.05) is 6.42 Å². The first-order valence-corrected chi connectivity index (χ1v) is 14.3. The van der Waals surface area contributed by atoms with E-state index in [1.165, 1.54) is 70.6 Å². The van der Waals surface area contributed by atoms with Gasteiger partial charge in [0.05, 0.1) is 27.7 Å². The maximum atomic E-state index is 12.6. The minimum absolute atomic E-state index is 0.333. The Labute approximate surface area is 188 Å². The largest absolute Gasteiger partial charge is 0.385 e. The predicted octanol–water partition coefficient (Wildman–Crippen LogP) is 8.06. The van der Waals surface area contributed by atoms with Crippen LogP contribution in [0.3, 0.4) is 0 Å². The van der Waals surface area contributed by atoms with Crippen molar-refractivity contribution in [3.8, 4) is 0 Å². The zero-order chi connectivity index (χ0) is 22.7. The molecule has 0 aliphatic rings. The van der Waals surface area contributed by atoms with Crippen molar-refractivity contribution in [1.82, 2.24) is 0 Å². The maximum Gasteiger partial charge on any atom is 0.385 e. The number of hydrogen-bond donors (Lipinski definition) is 1. The Morgan fingerprint density at radius 1 is 0.800 bits per heavy atom. The zero-order valence-electron chi connectivity index (χ0n) is 20.9. The molecule has 2 unspecified atom stereocenters. The summed E-state index contributed by atoms with van der Waals surface area (Å²) in [5.74, 6) is -0.333. The molecule has 0 aliphatic carbocycles. The van der Waals surface area contributed by atoms with Gasteiger partial charge in [0.2, 0.25) is 0 Å². The number of hydrogen-bond acceptors (Lipinski definition) is 2. The van der Waals surface area contributed by atoms with Gasteiger partial charge in [-0.1, -0.05) is 90.2 Å². The molecule has 2 atom stereocenters. The summed E-state index contributed by atoms with van der Waals surface area (Å²) in [5.41, 5.74) is 0. The second kappa shape index (κ2) is 18.4. The molecule has 4 nitrogen and oxygen atoms in total. The fourth-order valence-corrected chi connectivity index (χ4v) is 5.97. The summed E-state index contributed by atoms with van der Waals surface area (Å²) in [6, 6.07) is 0. The lowest BCUT2D eigenvalue weighted by Gasteiger charge is -2.35. The van der Waals surface area contributed by atoms with E-state index in [0.29, 0.717) is 17.5 Å². The third kappa shape index (κ3) is 16.5. The standard InChI is InChI=1S/C25H52NO3P/c1-6-8-9-10-11-12-13-14-15-16-17-18-19-20-21-22-24-29-30(27,28)25(23-7-2)26(3,4)5/h8-9,25H,6-7,10-24H2,1-5H3/p+1/b9-8-. The van der Waals surface area contributed by atoms with Crippen LogP contribution in [0.2, 0.25) is 0 Å². The van der Waals surface area contributed by atoms with Gasteiger partial charge in [-0.05, 0) is 32.1 Å². The minimum atomic E-state index is -3.56. The Morgan fingerprint density at radius 2 is 1.27 bits per heavy atom. The summed E-state index contributed by atoms with van der Waals surface area (Å²) in [6.45, 7) is 4.65. The van der Waals surface area contributed by atoms with E-state index >= 15 is 0 Å². The van der Waals surface area contributed by atoms with Crippen molar-refractivity contribution in [2.75, 3.05) is 27.7 Å². The summed E-state index contributed by atoms with van der Waals surface area (Å²) in [6.07, 6.45) is 24.0. The number of nitrogens with zero attached hydrogens (tertiary/aromatic N) is 1. The predicted molar refractivity (Wildman–Crippen MR) is 132 cm³/mol. The highest BCUT2D eigenvalue weighted by atomic mass is 31.2. The van der Waals surface area contributed by atoms with Crippen LogP contribution in [0.1, 0.15) is 117 Å². The number of allylic oxidation sites excluding steroid dienone is 2. The molecule has 0 aromatic heterocycles. The molecule has 0 fully saturated rings. The van der Waals surface area contributed by atoms with Gasteiger partial charge in [0.25, 0.3) is 0 Å². The minimum Gasteiger partial charge on any atom is -0.320 e. The van der Waals surface area contributed by atoms with E-state index in [-0.39, 0.29) is 5.78 Å². The van der Waals surface area contributed by atoms with Crippen LogP contribution in [-0.2, 0) is 9.09 Å². The molecule has 0 saturated carbocycles. The maximum absolute atomic E-state index is 12.6. The first-order valence-electron chi connectivity index (χ1n) is 12.7. The van der Waals surface area contributed by atoms with Gasteiger partial charge >= 0.3 is 7.60 Å². The van der Waals surface area contributed by atoms with Crippen LogP contribution >= 0.6 is 7.60 Å². The highest BCUT2D eigenvalue weighted by Crippen LogP contribution is 2.51. The topological polar surface area (TPSA) is 46.5 Å². The smallest absolute Gasteiger partial charge is 0.320 e. The molecule has 5 heteroatoms. The molecule has 30 heavy (non-hydrogen) atoms. The van der Waals surface area contributed by atoms with E-state index in [2.05, 4.69) is 26.0 Å². The molecule has 0 aliphatic heterocycles. The molecular formula is C25H53NO3P+. The molecule has 0 rings (SSSR count). The van der Waals surface area contributed by atoms with Crippen molar-refractivity contribution < 1.29 is 18.5 Å². The van der Waals surface area contributed by atoms with Gasteiger partial charge in [-0.15, -0.1) is 0 Å². The van der Waals surface area contributed by atoms with Crippen LogP contribution in [-0.4, -0.2) is 42.9 Å². The molecule has 0 heterocycles. The first-order chi connectivity index (χ1) is 14.3. The van der Waals surface area contributed by atoms with Crippen LogP contribution in [0, 0.1) is 0 Å². The van der Waals surface area contributed by atoms with Gasteiger partial charge in [0.1, 0.15) is 0 Å². The lowest BCUT2D eigenvalue weighted by molar-refractivity contribution is -0.883. The third-order valence-electron chi connectivity index (χ3n) is 5.76. The average Bonchev–Trinajstić information content (AvgIpc) is 2.67. The Morgan fingerprint density at radius 3 is 1.70 bits per heavy atom. The van der Waals surface area contributed by atoms with Crippen LogP contribution in [0.5, 0.6) is 0 Å². The zero-order valence-corrected chi connectivity index (χ0v) is 21.8. The summed E-state index contributed by atoms with van der Waals surface area (Å²) >= 11 is 0. The van der Waals surface area contributed by atoms with Crippen LogP contribution in [0.15, 0.2) is 12.2 Å². The first kappa shape index (κ1) is 29.9. The molecule has 0 radical (unpaired) electrons. The van der Waals surface area contributed by atoms with Crippen molar-refractivity contribution in [2.24, 2.45) is 0 Å². The van der Waals surface area contributed by atoms with E-state index in [1.54, 1.807) is 0 Å². The van der Waals surface area contributed by atoms with Crippen molar-refractivity contribution in [3.05, 3.63) is 12.2 Å². The SMILES string of the molecule is CC/C=C\CCCCCCCCCCCCCCOP(=O)(O)C(CCC)[N+](C)(C)C. The molecule has 0 bridgehead atoms. The second-order valence-corrected chi connectivity index (χ2v) is 11.7. The van der Waals surface area contributed by atoms with Gasteiger partial charge in [-0.2, -0.15) is 0 Å². The Kier molecular flexibility index (Phi) is 18.3. The van der Waals surface area contributed by atoms with Crippen LogP contribution in [0.25, 0.3) is 0 Å².